The first-order chi connectivity index (χ1) is 11.7. The maximum absolute atomic E-state index is 12.2. The molecule has 1 aromatic carbocycles. The third-order valence-corrected chi connectivity index (χ3v) is 4.63. The standard InChI is InChI=1S/C16H14IN3O3S.BrH/c1-2-22-9-23-11-4-6-12-14(7-11)24-16(19-12)20-15(21)13-5-3-10(17)8-18-13;/h3-8H,2,9H2,1H3,(H,19,20,21);1H. The van der Waals surface area contributed by atoms with Crippen LogP contribution in [0.25, 0.3) is 10.2 Å². The van der Waals surface area contributed by atoms with Gasteiger partial charge >= 0.3 is 0 Å². The zero-order valence-corrected chi connectivity index (χ0v) is 17.9. The lowest BCUT2D eigenvalue weighted by Gasteiger charge is -2.04. The quantitative estimate of drug-likeness (QED) is 0.286. The average Bonchev–Trinajstić information content (AvgIpc) is 2.97. The molecule has 0 aliphatic carbocycles. The maximum Gasteiger partial charge on any atom is 0.276 e. The number of amides is 1. The van der Waals surface area contributed by atoms with Gasteiger partial charge in [-0.3, -0.25) is 10.1 Å². The first-order valence-electron chi connectivity index (χ1n) is 7.20. The van der Waals surface area contributed by atoms with Crippen molar-refractivity contribution in [2.45, 2.75) is 6.92 Å². The van der Waals surface area contributed by atoms with Gasteiger partial charge in [0.05, 0.1) is 10.2 Å². The Morgan fingerprint density at radius 2 is 2.16 bits per heavy atom. The van der Waals surface area contributed by atoms with Gasteiger partial charge in [0.25, 0.3) is 5.91 Å². The molecule has 0 saturated heterocycles. The van der Waals surface area contributed by atoms with Gasteiger partial charge in [-0.2, -0.15) is 0 Å². The van der Waals surface area contributed by atoms with Crippen LogP contribution in [-0.4, -0.2) is 29.3 Å². The van der Waals surface area contributed by atoms with E-state index in [1.54, 1.807) is 12.3 Å². The minimum atomic E-state index is -0.279. The molecule has 0 spiro atoms. The highest BCUT2D eigenvalue weighted by molar-refractivity contribution is 14.1. The number of carbonyl (C=O) groups is 1. The lowest BCUT2D eigenvalue weighted by Crippen LogP contribution is -2.13. The van der Waals surface area contributed by atoms with Gasteiger partial charge < -0.3 is 9.47 Å². The minimum Gasteiger partial charge on any atom is -0.468 e. The normalized spacial score (nSPS) is 10.3. The van der Waals surface area contributed by atoms with E-state index in [-0.39, 0.29) is 29.7 Å². The minimum absolute atomic E-state index is 0. The highest BCUT2D eigenvalue weighted by Gasteiger charge is 2.11. The summed E-state index contributed by atoms with van der Waals surface area (Å²) in [4.78, 5) is 20.7. The number of halogens is 2. The summed E-state index contributed by atoms with van der Waals surface area (Å²) in [5, 5.41) is 3.30. The van der Waals surface area contributed by atoms with Crippen LogP contribution in [0.2, 0.25) is 0 Å². The number of ether oxygens (including phenoxy) is 2. The van der Waals surface area contributed by atoms with Crippen molar-refractivity contribution in [2.24, 2.45) is 0 Å². The molecule has 0 saturated carbocycles. The van der Waals surface area contributed by atoms with Gasteiger partial charge in [0.2, 0.25) is 0 Å². The van der Waals surface area contributed by atoms with E-state index in [4.69, 9.17) is 9.47 Å². The number of aromatic nitrogens is 2. The summed E-state index contributed by atoms with van der Waals surface area (Å²) in [7, 11) is 0. The number of rotatable bonds is 6. The molecular formula is C16H15BrIN3O3S. The Bertz CT molecular complexity index is 857. The molecule has 0 atom stereocenters. The van der Waals surface area contributed by atoms with E-state index in [9.17, 15) is 4.79 Å². The van der Waals surface area contributed by atoms with Gasteiger partial charge in [0.15, 0.2) is 11.9 Å². The van der Waals surface area contributed by atoms with Crippen molar-refractivity contribution in [3.05, 3.63) is 45.8 Å². The predicted octanol–water partition coefficient (Wildman–Crippen LogP) is 4.50. The number of nitrogens with zero attached hydrogens (tertiary/aromatic N) is 2. The molecule has 0 aliphatic rings. The molecular weight excluding hydrogens is 521 g/mol. The first-order valence-corrected chi connectivity index (χ1v) is 9.09. The van der Waals surface area contributed by atoms with Crippen LogP contribution < -0.4 is 10.1 Å². The molecule has 0 fully saturated rings. The summed E-state index contributed by atoms with van der Waals surface area (Å²) in [6, 6.07) is 9.08. The first kappa shape index (κ1) is 20.0. The van der Waals surface area contributed by atoms with Crippen molar-refractivity contribution in [1.82, 2.24) is 9.97 Å². The van der Waals surface area contributed by atoms with Crippen LogP contribution in [0.4, 0.5) is 5.13 Å². The molecule has 2 aromatic heterocycles. The number of benzene rings is 1. The van der Waals surface area contributed by atoms with E-state index in [0.717, 1.165) is 13.8 Å². The molecule has 0 bridgehead atoms. The number of pyridine rings is 1. The van der Waals surface area contributed by atoms with Gasteiger partial charge in [0, 0.05) is 16.4 Å². The molecule has 1 amide bonds. The summed E-state index contributed by atoms with van der Waals surface area (Å²) in [6.07, 6.45) is 1.65. The second kappa shape index (κ2) is 9.41. The summed E-state index contributed by atoms with van der Waals surface area (Å²) in [5.41, 5.74) is 1.16. The van der Waals surface area contributed by atoms with Crippen LogP contribution >= 0.6 is 50.9 Å². The number of fused-ring (bicyclic) bond motifs is 1. The molecule has 2 heterocycles. The van der Waals surface area contributed by atoms with Crippen LogP contribution in [0.1, 0.15) is 17.4 Å². The van der Waals surface area contributed by atoms with Crippen LogP contribution in [-0.2, 0) is 4.74 Å². The molecule has 0 aliphatic heterocycles. The van der Waals surface area contributed by atoms with Crippen molar-refractivity contribution >= 4 is 72.2 Å². The fourth-order valence-electron chi connectivity index (χ4n) is 1.91. The van der Waals surface area contributed by atoms with Gasteiger partial charge in [-0.25, -0.2) is 9.97 Å². The molecule has 0 radical (unpaired) electrons. The van der Waals surface area contributed by atoms with Crippen molar-refractivity contribution < 1.29 is 14.3 Å². The number of hydrogen-bond acceptors (Lipinski definition) is 6. The number of nitrogens with one attached hydrogen (secondary N) is 1. The fraction of sp³-hybridized carbons (Fsp3) is 0.188. The lowest BCUT2D eigenvalue weighted by molar-refractivity contribution is 0.0225. The average molecular weight is 536 g/mol. The van der Waals surface area contributed by atoms with E-state index in [1.807, 2.05) is 31.2 Å². The molecule has 9 heteroatoms. The van der Waals surface area contributed by atoms with Crippen LogP contribution in [0, 0.1) is 3.57 Å². The molecule has 3 rings (SSSR count). The Hall–Kier alpha value is -1.30. The molecule has 25 heavy (non-hydrogen) atoms. The van der Waals surface area contributed by atoms with Crippen molar-refractivity contribution in [3.8, 4) is 5.75 Å². The number of hydrogen-bond donors (Lipinski definition) is 1. The molecule has 6 nitrogen and oxygen atoms in total. The Morgan fingerprint density at radius 3 is 2.88 bits per heavy atom. The second-order valence-electron chi connectivity index (χ2n) is 4.72. The molecule has 0 unspecified atom stereocenters. The number of anilines is 1. The van der Waals surface area contributed by atoms with Crippen LogP contribution in [0.3, 0.4) is 0 Å². The third kappa shape index (κ3) is 5.33. The van der Waals surface area contributed by atoms with Gasteiger partial charge in [0.1, 0.15) is 11.4 Å². The van der Waals surface area contributed by atoms with E-state index in [1.165, 1.54) is 11.3 Å². The van der Waals surface area contributed by atoms with Gasteiger partial charge in [-0.15, -0.1) is 17.0 Å². The zero-order valence-electron chi connectivity index (χ0n) is 13.2. The highest BCUT2D eigenvalue weighted by atomic mass is 127. The Morgan fingerprint density at radius 1 is 1.32 bits per heavy atom. The predicted molar refractivity (Wildman–Crippen MR) is 112 cm³/mol. The van der Waals surface area contributed by atoms with Gasteiger partial charge in [-0.1, -0.05) is 11.3 Å². The zero-order chi connectivity index (χ0) is 16.9. The molecule has 3 aromatic rings. The van der Waals surface area contributed by atoms with Crippen LogP contribution in [0.5, 0.6) is 5.75 Å². The summed E-state index contributed by atoms with van der Waals surface area (Å²) in [5.74, 6) is 0.426. The Labute approximate surface area is 172 Å². The second-order valence-corrected chi connectivity index (χ2v) is 7.00. The summed E-state index contributed by atoms with van der Waals surface area (Å²) in [6.45, 7) is 2.72. The summed E-state index contributed by atoms with van der Waals surface area (Å²) >= 11 is 3.53. The lowest BCUT2D eigenvalue weighted by atomic mass is 10.3. The highest BCUT2D eigenvalue weighted by Crippen LogP contribution is 2.29. The Kier molecular flexibility index (Phi) is 7.54. The topological polar surface area (TPSA) is 73.3 Å². The SMILES string of the molecule is Br.CCOCOc1ccc2nc(NC(=O)c3ccc(I)cn3)sc2c1. The Balaban J connectivity index is 0.00000225. The fourth-order valence-corrected chi connectivity index (χ4v) is 3.12. The maximum atomic E-state index is 12.2. The molecule has 132 valence electrons. The van der Waals surface area contributed by atoms with E-state index < -0.39 is 0 Å². The third-order valence-electron chi connectivity index (χ3n) is 3.05. The number of carbonyl (C=O) groups excluding carboxylic acids is 1. The van der Waals surface area contributed by atoms with E-state index >= 15 is 0 Å². The van der Waals surface area contributed by atoms with E-state index in [0.29, 0.717) is 23.2 Å². The van der Waals surface area contributed by atoms with Crippen LogP contribution in [0.15, 0.2) is 36.5 Å². The van der Waals surface area contributed by atoms with E-state index in [2.05, 4.69) is 37.9 Å². The summed E-state index contributed by atoms with van der Waals surface area (Å²) < 4.78 is 12.6. The number of thiazole rings is 1. The monoisotopic (exact) mass is 535 g/mol. The molecule has 1 N–H and O–H groups in total. The largest absolute Gasteiger partial charge is 0.468 e. The smallest absolute Gasteiger partial charge is 0.276 e. The van der Waals surface area contributed by atoms with Crippen molar-refractivity contribution in [3.63, 3.8) is 0 Å². The van der Waals surface area contributed by atoms with Gasteiger partial charge in [-0.05, 0) is 59.8 Å². The van der Waals surface area contributed by atoms with Crippen molar-refractivity contribution in [1.29, 1.82) is 0 Å². The van der Waals surface area contributed by atoms with Crippen molar-refractivity contribution in [2.75, 3.05) is 18.7 Å².